The summed E-state index contributed by atoms with van der Waals surface area (Å²) in [5.41, 5.74) is -1.28. The van der Waals surface area contributed by atoms with E-state index in [1.807, 2.05) is 0 Å². The van der Waals surface area contributed by atoms with E-state index in [1.165, 1.54) is 13.2 Å². The molecule has 0 atom stereocenters. The molecular formula is C12H10F3N3O3. The Bertz CT molecular complexity index is 640. The number of ether oxygens (including phenoxy) is 1. The van der Waals surface area contributed by atoms with Gasteiger partial charge < -0.3 is 9.26 Å². The highest BCUT2D eigenvalue weighted by Crippen LogP contribution is 2.31. The summed E-state index contributed by atoms with van der Waals surface area (Å²) in [5.74, 6) is -1.07. The zero-order valence-electron chi connectivity index (χ0n) is 10.8. The Morgan fingerprint density at radius 3 is 2.90 bits per heavy atom. The summed E-state index contributed by atoms with van der Waals surface area (Å²) in [5, 5.41) is 5.76. The predicted molar refractivity (Wildman–Crippen MR) is 64.4 cm³/mol. The van der Waals surface area contributed by atoms with Crippen molar-refractivity contribution in [3.63, 3.8) is 0 Å². The van der Waals surface area contributed by atoms with Crippen LogP contribution in [0.4, 0.5) is 19.1 Å². The molecule has 0 aliphatic carbocycles. The lowest BCUT2D eigenvalue weighted by atomic mass is 10.1. The molecule has 2 rings (SSSR count). The van der Waals surface area contributed by atoms with Crippen LogP contribution >= 0.6 is 0 Å². The quantitative estimate of drug-likeness (QED) is 0.938. The molecule has 2 aromatic rings. The molecule has 2 aromatic heterocycles. The number of pyridine rings is 1. The van der Waals surface area contributed by atoms with Crippen LogP contribution in [0.15, 0.2) is 29.0 Å². The largest absolute Gasteiger partial charge is 0.417 e. The number of amides is 1. The molecule has 0 aliphatic heterocycles. The van der Waals surface area contributed by atoms with E-state index >= 15 is 0 Å². The summed E-state index contributed by atoms with van der Waals surface area (Å²) in [6.45, 7) is 0.153. The number of rotatable bonds is 4. The van der Waals surface area contributed by atoms with Gasteiger partial charge in [0.05, 0.1) is 17.7 Å². The summed E-state index contributed by atoms with van der Waals surface area (Å²) in [6.07, 6.45) is -2.85. The number of carbonyl (C=O) groups excluding carboxylic acids is 1. The molecule has 2 heterocycles. The average molecular weight is 301 g/mol. The van der Waals surface area contributed by atoms with Crippen molar-refractivity contribution < 1.29 is 27.2 Å². The van der Waals surface area contributed by atoms with Gasteiger partial charge in [-0.15, -0.1) is 0 Å². The third-order valence-electron chi connectivity index (χ3n) is 2.46. The van der Waals surface area contributed by atoms with Gasteiger partial charge in [-0.05, 0) is 6.07 Å². The van der Waals surface area contributed by atoms with E-state index in [1.54, 1.807) is 0 Å². The number of anilines is 1. The molecule has 0 saturated carbocycles. The predicted octanol–water partition coefficient (Wildman–Crippen LogP) is 2.49. The second-order valence-corrected chi connectivity index (χ2v) is 3.99. The molecule has 1 N–H and O–H groups in total. The third-order valence-corrected chi connectivity index (χ3v) is 2.46. The molecule has 0 spiro atoms. The first-order valence-electron chi connectivity index (χ1n) is 5.69. The molecule has 21 heavy (non-hydrogen) atoms. The molecule has 0 saturated heterocycles. The fourth-order valence-corrected chi connectivity index (χ4v) is 1.59. The lowest BCUT2D eigenvalue weighted by Crippen LogP contribution is -2.18. The van der Waals surface area contributed by atoms with Crippen LogP contribution in [-0.4, -0.2) is 23.2 Å². The number of halogens is 3. The van der Waals surface area contributed by atoms with Crippen LogP contribution in [0.2, 0.25) is 0 Å². The summed E-state index contributed by atoms with van der Waals surface area (Å²) >= 11 is 0. The van der Waals surface area contributed by atoms with Crippen molar-refractivity contribution in [2.45, 2.75) is 12.8 Å². The van der Waals surface area contributed by atoms with Crippen LogP contribution < -0.4 is 5.32 Å². The van der Waals surface area contributed by atoms with Gasteiger partial charge in [-0.3, -0.25) is 15.1 Å². The van der Waals surface area contributed by atoms with Gasteiger partial charge in [0.1, 0.15) is 5.69 Å². The van der Waals surface area contributed by atoms with Crippen LogP contribution in [0.1, 0.15) is 21.6 Å². The zero-order valence-corrected chi connectivity index (χ0v) is 10.8. The van der Waals surface area contributed by atoms with Gasteiger partial charge in [-0.1, -0.05) is 5.16 Å². The van der Waals surface area contributed by atoms with E-state index in [0.717, 1.165) is 18.5 Å². The van der Waals surface area contributed by atoms with Gasteiger partial charge in [0.2, 0.25) is 5.88 Å². The van der Waals surface area contributed by atoms with Crippen LogP contribution in [0.3, 0.4) is 0 Å². The van der Waals surface area contributed by atoms with Gasteiger partial charge in [0.25, 0.3) is 5.91 Å². The van der Waals surface area contributed by atoms with Crippen molar-refractivity contribution in [1.29, 1.82) is 0 Å². The molecule has 6 nitrogen and oxygen atoms in total. The van der Waals surface area contributed by atoms with E-state index in [0.29, 0.717) is 5.69 Å². The van der Waals surface area contributed by atoms with Gasteiger partial charge in [-0.25, -0.2) is 0 Å². The Labute approximate surface area is 116 Å². The highest BCUT2D eigenvalue weighted by atomic mass is 19.4. The molecule has 0 aromatic carbocycles. The number of nitrogens with zero attached hydrogens (tertiary/aromatic N) is 2. The molecule has 0 radical (unpaired) electrons. The summed E-state index contributed by atoms with van der Waals surface area (Å²) in [7, 11) is 1.44. The maximum atomic E-state index is 12.8. The summed E-state index contributed by atoms with van der Waals surface area (Å²) < 4.78 is 47.9. The second kappa shape index (κ2) is 5.92. The SMILES string of the molecule is COCc1cc(NC(=O)c2cnccc2C(F)(F)F)on1. The Morgan fingerprint density at radius 1 is 1.48 bits per heavy atom. The Kier molecular flexibility index (Phi) is 4.22. The number of methoxy groups -OCH3 is 1. The average Bonchev–Trinajstić information content (AvgIpc) is 2.85. The number of carbonyl (C=O) groups is 1. The molecule has 9 heteroatoms. The lowest BCUT2D eigenvalue weighted by molar-refractivity contribution is -0.138. The van der Waals surface area contributed by atoms with E-state index < -0.39 is 23.2 Å². The second-order valence-electron chi connectivity index (χ2n) is 3.99. The molecule has 1 amide bonds. The normalized spacial score (nSPS) is 11.4. The molecular weight excluding hydrogens is 291 g/mol. The van der Waals surface area contributed by atoms with Gasteiger partial charge in [0, 0.05) is 25.6 Å². The fraction of sp³-hybridized carbons (Fsp3) is 0.250. The fourth-order valence-electron chi connectivity index (χ4n) is 1.59. The highest BCUT2D eigenvalue weighted by molar-refractivity contribution is 6.04. The Hall–Kier alpha value is -2.42. The smallest absolute Gasteiger partial charge is 0.378 e. The van der Waals surface area contributed by atoms with Gasteiger partial charge in [0.15, 0.2) is 0 Å². The summed E-state index contributed by atoms with van der Waals surface area (Å²) in [4.78, 5) is 15.4. The zero-order chi connectivity index (χ0) is 15.5. The first-order valence-corrected chi connectivity index (χ1v) is 5.69. The van der Waals surface area contributed by atoms with Crippen molar-refractivity contribution in [2.75, 3.05) is 12.4 Å². The maximum absolute atomic E-state index is 12.8. The van der Waals surface area contributed by atoms with Crippen LogP contribution in [0, 0.1) is 0 Å². The number of aromatic nitrogens is 2. The number of alkyl halides is 3. The molecule has 112 valence electrons. The van der Waals surface area contributed by atoms with Crippen molar-refractivity contribution in [3.8, 4) is 0 Å². The lowest BCUT2D eigenvalue weighted by Gasteiger charge is -2.10. The minimum Gasteiger partial charge on any atom is -0.378 e. The molecule has 0 aliphatic rings. The highest BCUT2D eigenvalue weighted by Gasteiger charge is 2.35. The molecule has 0 fully saturated rings. The van der Waals surface area contributed by atoms with E-state index in [4.69, 9.17) is 9.26 Å². The standard InChI is InChI=1S/C12H10F3N3O3/c1-20-6-7-4-10(21-18-7)17-11(19)8-5-16-3-2-9(8)12(13,14)15/h2-5H,6H2,1H3,(H,17,19). The van der Waals surface area contributed by atoms with E-state index in [2.05, 4.69) is 15.5 Å². The van der Waals surface area contributed by atoms with Gasteiger partial charge >= 0.3 is 6.18 Å². The van der Waals surface area contributed by atoms with Crippen LogP contribution in [-0.2, 0) is 17.5 Å². The molecule has 0 unspecified atom stereocenters. The minimum atomic E-state index is -4.65. The van der Waals surface area contributed by atoms with Gasteiger partial charge in [-0.2, -0.15) is 13.2 Å². The third kappa shape index (κ3) is 3.57. The summed E-state index contributed by atoms with van der Waals surface area (Å²) in [6, 6.07) is 2.08. The first kappa shape index (κ1) is 15.0. The van der Waals surface area contributed by atoms with Crippen molar-refractivity contribution in [2.24, 2.45) is 0 Å². The monoisotopic (exact) mass is 301 g/mol. The number of hydrogen-bond acceptors (Lipinski definition) is 5. The van der Waals surface area contributed by atoms with Crippen molar-refractivity contribution >= 4 is 11.8 Å². The van der Waals surface area contributed by atoms with Crippen molar-refractivity contribution in [3.05, 3.63) is 41.3 Å². The van der Waals surface area contributed by atoms with Crippen molar-refractivity contribution in [1.82, 2.24) is 10.1 Å². The van der Waals surface area contributed by atoms with E-state index in [-0.39, 0.29) is 12.5 Å². The van der Waals surface area contributed by atoms with Crippen LogP contribution in [0.5, 0.6) is 0 Å². The Balaban J connectivity index is 2.20. The maximum Gasteiger partial charge on any atom is 0.417 e. The number of nitrogens with one attached hydrogen (secondary N) is 1. The minimum absolute atomic E-state index is 0.0796. The first-order chi connectivity index (χ1) is 9.91. The Morgan fingerprint density at radius 2 is 2.24 bits per heavy atom. The van der Waals surface area contributed by atoms with Crippen LogP contribution in [0.25, 0.3) is 0 Å². The number of hydrogen-bond donors (Lipinski definition) is 1. The topological polar surface area (TPSA) is 77.2 Å². The molecule has 0 bridgehead atoms. The van der Waals surface area contributed by atoms with E-state index in [9.17, 15) is 18.0 Å².